The van der Waals surface area contributed by atoms with Crippen LogP contribution in [-0.2, 0) is 4.74 Å². The number of hydrogen-bond acceptors (Lipinski definition) is 5. The molecule has 2 aromatic rings. The molecule has 0 saturated heterocycles. The van der Waals surface area contributed by atoms with Crippen molar-refractivity contribution in [1.29, 1.82) is 0 Å². The van der Waals surface area contributed by atoms with Crippen LogP contribution in [0.3, 0.4) is 0 Å². The van der Waals surface area contributed by atoms with Crippen LogP contribution in [-0.4, -0.2) is 35.5 Å². The van der Waals surface area contributed by atoms with Gasteiger partial charge in [0, 0.05) is 5.56 Å². The van der Waals surface area contributed by atoms with E-state index in [9.17, 15) is 14.4 Å². The Hall–Kier alpha value is -2.70. The number of benzene rings is 2. The monoisotopic (exact) mass is 502 g/mol. The number of carbonyl (C=O) groups excluding carboxylic acids is 2. The summed E-state index contributed by atoms with van der Waals surface area (Å²) in [5.41, 5.74) is 10.5. The zero-order valence-corrected chi connectivity index (χ0v) is 23.3. The van der Waals surface area contributed by atoms with Gasteiger partial charge in [-0.3, -0.25) is 4.79 Å². The summed E-state index contributed by atoms with van der Waals surface area (Å²) in [5, 5.41) is 9.02. The number of esters is 1. The van der Waals surface area contributed by atoms with Gasteiger partial charge in [-0.05, 0) is 85.8 Å². The molecule has 8 nitrogen and oxygen atoms in total. The Morgan fingerprint density at radius 3 is 1.83 bits per heavy atom. The smallest absolute Gasteiger partial charge is 0.870 e. The molecule has 0 aliphatic heterocycles. The first kappa shape index (κ1) is 31.3. The van der Waals surface area contributed by atoms with E-state index in [4.69, 9.17) is 22.1 Å². The number of carboxylic acid groups (broad SMARTS) is 1. The van der Waals surface area contributed by atoms with Gasteiger partial charge in [0.2, 0.25) is 5.91 Å². The summed E-state index contributed by atoms with van der Waals surface area (Å²) in [7, 11) is 1.36. The van der Waals surface area contributed by atoms with Crippen molar-refractivity contribution in [3.05, 3.63) is 74.6 Å². The van der Waals surface area contributed by atoms with E-state index in [1.807, 2.05) is 13.0 Å². The Bertz CT molecular complexity index is 1180. The molecule has 2 aliphatic rings. The fourth-order valence-corrected chi connectivity index (χ4v) is 4.42. The van der Waals surface area contributed by atoms with E-state index in [-0.39, 0.29) is 46.6 Å². The van der Waals surface area contributed by atoms with Gasteiger partial charge in [-0.25, -0.2) is 14.4 Å². The minimum atomic E-state index is -1.02. The standard InChI is InChI=1S/C14H15NO2.C13H15NO3.Na.H2O/c1-9-7-12(10-5-4-6-10)13(15-2)8-11(9)14(16)17-3;1-7-5-10(8-3-2-4-8)11(12(14)15)6-9(7)13(16)17;;/h7-8,10H,4-6H2,1,3H3;5-6,8H,2-4H2,1H3,(H2,14,15)(H,16,17);;1H2/q;;+1;/p-1. The van der Waals surface area contributed by atoms with Crippen LogP contribution in [0.4, 0.5) is 5.69 Å². The minimum absolute atomic E-state index is 0. The summed E-state index contributed by atoms with van der Waals surface area (Å²) in [6.07, 6.45) is 6.79. The fourth-order valence-electron chi connectivity index (χ4n) is 4.42. The second-order valence-corrected chi connectivity index (χ2v) is 9.01. The maximum Gasteiger partial charge on any atom is 1.00 e. The molecule has 2 aromatic carbocycles. The maximum absolute atomic E-state index is 11.5. The summed E-state index contributed by atoms with van der Waals surface area (Å²) in [6, 6.07) is 6.85. The van der Waals surface area contributed by atoms with Crippen molar-refractivity contribution < 1.29 is 59.3 Å². The number of aromatic carboxylic acids is 1. The quantitative estimate of drug-likeness (QED) is 0.366. The van der Waals surface area contributed by atoms with E-state index in [0.29, 0.717) is 34.2 Å². The first-order chi connectivity index (χ1) is 16.2. The Balaban J connectivity index is 0.000000341. The normalized spacial score (nSPS) is 14.3. The summed E-state index contributed by atoms with van der Waals surface area (Å²) >= 11 is 0. The van der Waals surface area contributed by atoms with Crippen molar-refractivity contribution in [3.63, 3.8) is 0 Å². The minimum Gasteiger partial charge on any atom is -0.870 e. The van der Waals surface area contributed by atoms with Crippen LogP contribution in [0.5, 0.6) is 0 Å². The third-order valence-electron chi connectivity index (χ3n) is 6.88. The van der Waals surface area contributed by atoms with Gasteiger partial charge in [0.05, 0.1) is 24.8 Å². The van der Waals surface area contributed by atoms with E-state index in [1.165, 1.54) is 19.6 Å². The van der Waals surface area contributed by atoms with Gasteiger partial charge < -0.3 is 21.1 Å². The molecule has 0 aromatic heterocycles. The number of methoxy groups -OCH3 is 1. The fraction of sp³-hybridized carbons (Fsp3) is 0.407. The van der Waals surface area contributed by atoms with Crippen molar-refractivity contribution >= 4 is 23.5 Å². The second-order valence-electron chi connectivity index (χ2n) is 9.01. The zero-order valence-electron chi connectivity index (χ0n) is 21.3. The molecule has 0 spiro atoms. The van der Waals surface area contributed by atoms with Crippen molar-refractivity contribution in [1.82, 2.24) is 0 Å². The number of aryl methyl sites for hydroxylation is 2. The van der Waals surface area contributed by atoms with Crippen molar-refractivity contribution in [2.24, 2.45) is 5.73 Å². The Kier molecular flexibility index (Phi) is 11.8. The van der Waals surface area contributed by atoms with Crippen LogP contribution in [0.15, 0.2) is 24.3 Å². The van der Waals surface area contributed by atoms with Gasteiger partial charge >= 0.3 is 41.5 Å². The summed E-state index contributed by atoms with van der Waals surface area (Å²) in [4.78, 5) is 37.5. The molecule has 0 radical (unpaired) electrons. The molecule has 186 valence electrons. The summed E-state index contributed by atoms with van der Waals surface area (Å²) in [6.45, 7) is 10.9. The van der Waals surface area contributed by atoms with Gasteiger partial charge in [0.25, 0.3) is 0 Å². The van der Waals surface area contributed by atoms with Crippen LogP contribution < -0.4 is 35.3 Å². The number of rotatable bonds is 5. The SMILES string of the molecule is Cc1cc(C2CCC2)c(C(N)=O)cc1C(=O)O.[C-]#[N+]c1cc(C(=O)OC)c(C)cc1C1CCC1.[Na+].[OH-]. The summed E-state index contributed by atoms with van der Waals surface area (Å²) in [5.74, 6) is -1.07. The number of amides is 1. The third-order valence-corrected chi connectivity index (χ3v) is 6.88. The number of carboxylic acids is 1. The molecule has 0 bridgehead atoms. The average molecular weight is 503 g/mol. The van der Waals surface area contributed by atoms with E-state index >= 15 is 0 Å². The molecular weight excluding hydrogens is 471 g/mol. The molecule has 2 fully saturated rings. The van der Waals surface area contributed by atoms with Crippen LogP contribution in [0.25, 0.3) is 4.85 Å². The van der Waals surface area contributed by atoms with E-state index in [2.05, 4.69) is 4.85 Å². The number of carbonyl (C=O) groups is 3. The third kappa shape index (κ3) is 6.74. The van der Waals surface area contributed by atoms with E-state index < -0.39 is 11.9 Å². The molecule has 36 heavy (non-hydrogen) atoms. The average Bonchev–Trinajstić information content (AvgIpc) is 2.71. The first-order valence-electron chi connectivity index (χ1n) is 11.5. The number of nitrogens with two attached hydrogens (primary N) is 1. The molecule has 2 aliphatic carbocycles. The van der Waals surface area contributed by atoms with Gasteiger partial charge in [-0.2, -0.15) is 0 Å². The maximum atomic E-state index is 11.5. The van der Waals surface area contributed by atoms with Crippen molar-refractivity contribution in [2.45, 2.75) is 64.2 Å². The van der Waals surface area contributed by atoms with Crippen molar-refractivity contribution in [2.75, 3.05) is 7.11 Å². The molecule has 0 atom stereocenters. The van der Waals surface area contributed by atoms with E-state index in [1.54, 1.807) is 19.1 Å². The zero-order chi connectivity index (χ0) is 25.0. The molecule has 2 saturated carbocycles. The molecule has 4 rings (SSSR count). The molecule has 1 amide bonds. The Morgan fingerprint density at radius 2 is 1.42 bits per heavy atom. The topological polar surface area (TPSA) is 141 Å². The van der Waals surface area contributed by atoms with Gasteiger partial charge in [-0.1, -0.05) is 25.0 Å². The predicted molar refractivity (Wildman–Crippen MR) is 131 cm³/mol. The van der Waals surface area contributed by atoms with Gasteiger partial charge in [0.15, 0.2) is 5.69 Å². The Morgan fingerprint density at radius 1 is 0.917 bits per heavy atom. The van der Waals surface area contributed by atoms with Crippen LogP contribution in [0.1, 0.15) is 104 Å². The molecule has 4 N–H and O–H groups in total. The van der Waals surface area contributed by atoms with Gasteiger partial charge in [0.1, 0.15) is 0 Å². The van der Waals surface area contributed by atoms with Crippen molar-refractivity contribution in [3.8, 4) is 0 Å². The Labute approximate surface area is 233 Å². The molecule has 0 heterocycles. The predicted octanol–water partition coefficient (Wildman–Crippen LogP) is 2.49. The van der Waals surface area contributed by atoms with Gasteiger partial charge in [-0.15, -0.1) is 0 Å². The molecule has 0 unspecified atom stereocenters. The van der Waals surface area contributed by atoms with Crippen LogP contribution in [0, 0.1) is 20.4 Å². The number of ether oxygens (including phenoxy) is 1. The van der Waals surface area contributed by atoms with Crippen LogP contribution in [0.2, 0.25) is 0 Å². The van der Waals surface area contributed by atoms with E-state index in [0.717, 1.165) is 48.8 Å². The largest absolute Gasteiger partial charge is 1.00 e. The number of hydrogen-bond donors (Lipinski definition) is 2. The molecular formula is C27H31N2NaO6. The summed E-state index contributed by atoms with van der Waals surface area (Å²) < 4.78 is 4.72. The number of primary amides is 1. The molecule has 9 heteroatoms. The second kappa shape index (κ2) is 13.6. The van der Waals surface area contributed by atoms with Crippen LogP contribution >= 0.6 is 0 Å². The number of nitrogens with zero attached hydrogens (tertiary/aromatic N) is 1. The first-order valence-corrected chi connectivity index (χ1v) is 11.5.